The highest BCUT2D eigenvalue weighted by atomic mass is 32.1. The van der Waals surface area contributed by atoms with E-state index in [-0.39, 0.29) is 4.88 Å². The van der Waals surface area contributed by atoms with E-state index in [1.807, 2.05) is 31.1 Å². The van der Waals surface area contributed by atoms with Crippen molar-refractivity contribution in [2.75, 3.05) is 24.3 Å². The van der Waals surface area contributed by atoms with Gasteiger partial charge in [0, 0.05) is 14.1 Å². The quantitative estimate of drug-likeness (QED) is 0.894. The van der Waals surface area contributed by atoms with Gasteiger partial charge in [0.15, 0.2) is 5.13 Å². The van der Waals surface area contributed by atoms with Crippen molar-refractivity contribution in [2.24, 2.45) is 0 Å². The van der Waals surface area contributed by atoms with Crippen LogP contribution in [0.1, 0.15) is 15.4 Å². The van der Waals surface area contributed by atoms with E-state index in [1.165, 1.54) is 0 Å². The van der Waals surface area contributed by atoms with Crippen molar-refractivity contribution in [1.82, 2.24) is 9.97 Å². The van der Waals surface area contributed by atoms with Gasteiger partial charge in [0.05, 0.1) is 17.6 Å². The molecule has 0 radical (unpaired) electrons. The second-order valence-electron chi connectivity index (χ2n) is 4.16. The van der Waals surface area contributed by atoms with E-state index >= 15 is 0 Å². The van der Waals surface area contributed by atoms with Gasteiger partial charge in [0.1, 0.15) is 10.7 Å². The molecule has 0 saturated carbocycles. The predicted molar refractivity (Wildman–Crippen MR) is 75.7 cm³/mol. The largest absolute Gasteiger partial charge is 0.477 e. The molecule has 100 valence electrons. The Labute approximate surface area is 114 Å². The number of aromatic nitrogens is 2. The van der Waals surface area contributed by atoms with Crippen molar-refractivity contribution in [1.29, 1.82) is 0 Å². The summed E-state index contributed by atoms with van der Waals surface area (Å²) in [5.74, 6) is -0.101. The van der Waals surface area contributed by atoms with Crippen LogP contribution in [0.25, 0.3) is 0 Å². The molecule has 0 aliphatic carbocycles. The van der Waals surface area contributed by atoms with Crippen molar-refractivity contribution in [3.63, 3.8) is 0 Å². The van der Waals surface area contributed by atoms with Crippen LogP contribution >= 0.6 is 11.3 Å². The summed E-state index contributed by atoms with van der Waals surface area (Å²) in [5, 5.41) is 12.6. The lowest BCUT2D eigenvalue weighted by Gasteiger charge is -2.11. The summed E-state index contributed by atoms with van der Waals surface area (Å²) < 4.78 is 0. The zero-order valence-electron chi connectivity index (χ0n) is 10.8. The predicted octanol–water partition coefficient (Wildman–Crippen LogP) is 2.35. The molecular formula is C12H14N4O2S. The maximum atomic E-state index is 10.9. The Bertz CT molecular complexity index is 592. The Morgan fingerprint density at radius 2 is 2.16 bits per heavy atom. The number of aryl methyl sites for hydroxylation is 1. The average Bonchev–Trinajstić information content (AvgIpc) is 2.71. The van der Waals surface area contributed by atoms with E-state index in [2.05, 4.69) is 15.3 Å². The van der Waals surface area contributed by atoms with E-state index < -0.39 is 5.97 Å². The fourth-order valence-electron chi connectivity index (χ4n) is 1.50. The van der Waals surface area contributed by atoms with Crippen molar-refractivity contribution in [3.8, 4) is 0 Å². The highest BCUT2D eigenvalue weighted by Crippen LogP contribution is 2.25. The van der Waals surface area contributed by atoms with E-state index in [4.69, 9.17) is 5.11 Å². The summed E-state index contributed by atoms with van der Waals surface area (Å²) >= 11 is 1.11. The third kappa shape index (κ3) is 3.00. The average molecular weight is 278 g/mol. The van der Waals surface area contributed by atoms with Crippen LogP contribution in [0, 0.1) is 6.92 Å². The molecule has 0 amide bonds. The topological polar surface area (TPSA) is 78.4 Å². The van der Waals surface area contributed by atoms with Crippen LogP contribution in [0.3, 0.4) is 0 Å². The van der Waals surface area contributed by atoms with Crippen molar-refractivity contribution < 1.29 is 9.90 Å². The molecule has 0 aliphatic heterocycles. The molecular weight excluding hydrogens is 264 g/mol. The van der Waals surface area contributed by atoms with E-state index in [0.29, 0.717) is 10.8 Å². The van der Waals surface area contributed by atoms with Crippen molar-refractivity contribution >= 4 is 33.9 Å². The summed E-state index contributed by atoms with van der Waals surface area (Å²) in [6, 6.07) is 3.75. The fourth-order valence-corrected chi connectivity index (χ4v) is 2.32. The number of hydrogen-bond acceptors (Lipinski definition) is 6. The van der Waals surface area contributed by atoms with Crippen LogP contribution in [-0.4, -0.2) is 35.1 Å². The first-order valence-electron chi connectivity index (χ1n) is 5.58. The van der Waals surface area contributed by atoms with Gasteiger partial charge < -0.3 is 15.3 Å². The Morgan fingerprint density at radius 3 is 2.63 bits per heavy atom. The molecule has 0 bridgehead atoms. The molecule has 2 N–H and O–H groups in total. The first-order chi connectivity index (χ1) is 8.97. The van der Waals surface area contributed by atoms with E-state index in [0.717, 1.165) is 22.8 Å². The van der Waals surface area contributed by atoms with Gasteiger partial charge in [-0.3, -0.25) is 0 Å². The third-order valence-electron chi connectivity index (χ3n) is 2.45. The van der Waals surface area contributed by atoms with Crippen LogP contribution < -0.4 is 10.2 Å². The molecule has 0 spiro atoms. The number of aromatic carboxylic acids is 1. The molecule has 6 nitrogen and oxygen atoms in total. The third-order valence-corrected chi connectivity index (χ3v) is 3.51. The number of nitrogens with one attached hydrogen (secondary N) is 1. The van der Waals surface area contributed by atoms with Crippen molar-refractivity contribution in [3.05, 3.63) is 28.9 Å². The normalized spacial score (nSPS) is 10.3. The molecule has 2 aromatic rings. The molecule has 0 atom stereocenters. The van der Waals surface area contributed by atoms with Gasteiger partial charge in [-0.2, -0.15) is 0 Å². The zero-order chi connectivity index (χ0) is 14.0. The summed E-state index contributed by atoms with van der Waals surface area (Å²) in [7, 11) is 3.83. The maximum absolute atomic E-state index is 10.9. The molecule has 0 aromatic carbocycles. The van der Waals surface area contributed by atoms with Crippen molar-refractivity contribution in [2.45, 2.75) is 6.92 Å². The Kier molecular flexibility index (Phi) is 3.66. The van der Waals surface area contributed by atoms with Crippen LogP contribution in [0.5, 0.6) is 0 Å². The monoisotopic (exact) mass is 278 g/mol. The Morgan fingerprint density at radius 1 is 1.42 bits per heavy atom. The van der Waals surface area contributed by atoms with Gasteiger partial charge in [-0.05, 0) is 19.1 Å². The lowest BCUT2D eigenvalue weighted by molar-refractivity contribution is 0.0701. The molecule has 2 aromatic heterocycles. The number of anilines is 3. The molecule has 2 heterocycles. The number of carboxylic acids is 1. The van der Waals surface area contributed by atoms with Gasteiger partial charge in [-0.25, -0.2) is 14.8 Å². The van der Waals surface area contributed by atoms with E-state index in [9.17, 15) is 4.79 Å². The number of carbonyl (C=O) groups is 1. The van der Waals surface area contributed by atoms with Gasteiger partial charge in [0.2, 0.25) is 0 Å². The van der Waals surface area contributed by atoms with Gasteiger partial charge in [0.25, 0.3) is 0 Å². The SMILES string of the molecule is Cc1nc(Nc2ccc(N(C)C)nc2)sc1C(=O)O. The maximum Gasteiger partial charge on any atom is 0.347 e. The summed E-state index contributed by atoms with van der Waals surface area (Å²) in [6.07, 6.45) is 1.69. The summed E-state index contributed by atoms with van der Waals surface area (Å²) in [6.45, 7) is 1.68. The van der Waals surface area contributed by atoms with Gasteiger partial charge in [-0.15, -0.1) is 0 Å². The number of rotatable bonds is 4. The zero-order valence-corrected chi connectivity index (χ0v) is 11.7. The van der Waals surface area contributed by atoms with Crippen LogP contribution in [0.4, 0.5) is 16.6 Å². The van der Waals surface area contributed by atoms with E-state index in [1.54, 1.807) is 13.1 Å². The second-order valence-corrected chi connectivity index (χ2v) is 5.16. The number of nitrogens with zero attached hydrogens (tertiary/aromatic N) is 3. The standard InChI is InChI=1S/C12H14N4O2S/c1-7-10(11(17)18)19-12(14-7)15-8-4-5-9(13-6-8)16(2)3/h4-6H,1-3H3,(H,14,15)(H,17,18). The number of thiazole rings is 1. The molecule has 0 aliphatic rings. The van der Waals surface area contributed by atoms with Crippen LogP contribution in [0.2, 0.25) is 0 Å². The Hall–Kier alpha value is -2.15. The first kappa shape index (κ1) is 13.3. The molecule has 19 heavy (non-hydrogen) atoms. The number of hydrogen-bond donors (Lipinski definition) is 2. The fraction of sp³-hybridized carbons (Fsp3) is 0.250. The van der Waals surface area contributed by atoms with Gasteiger partial charge in [-0.1, -0.05) is 11.3 Å². The summed E-state index contributed by atoms with van der Waals surface area (Å²) in [4.78, 5) is 21.5. The second kappa shape index (κ2) is 5.23. The lowest BCUT2D eigenvalue weighted by atomic mass is 10.4. The lowest BCUT2D eigenvalue weighted by Crippen LogP contribution is -2.10. The number of pyridine rings is 1. The first-order valence-corrected chi connectivity index (χ1v) is 6.40. The summed E-state index contributed by atoms with van der Waals surface area (Å²) in [5.41, 5.74) is 1.29. The number of carboxylic acid groups (broad SMARTS) is 1. The highest BCUT2D eigenvalue weighted by molar-refractivity contribution is 7.17. The van der Waals surface area contributed by atoms with Gasteiger partial charge >= 0.3 is 5.97 Å². The molecule has 7 heteroatoms. The highest BCUT2D eigenvalue weighted by Gasteiger charge is 2.13. The molecule has 0 unspecified atom stereocenters. The minimum absolute atomic E-state index is 0.250. The minimum atomic E-state index is -0.955. The van der Waals surface area contributed by atoms with Crippen LogP contribution in [-0.2, 0) is 0 Å². The van der Waals surface area contributed by atoms with Crippen LogP contribution in [0.15, 0.2) is 18.3 Å². The molecule has 0 fully saturated rings. The molecule has 0 saturated heterocycles. The molecule has 2 rings (SSSR count). The minimum Gasteiger partial charge on any atom is -0.477 e. The smallest absolute Gasteiger partial charge is 0.347 e. The Balaban J connectivity index is 2.17.